The van der Waals surface area contributed by atoms with E-state index in [2.05, 4.69) is 15.4 Å². The molecule has 8 heteroatoms. The number of pyridine rings is 1. The summed E-state index contributed by atoms with van der Waals surface area (Å²) in [5, 5.41) is 10.1. The Morgan fingerprint density at radius 3 is 2.81 bits per heavy atom. The van der Waals surface area contributed by atoms with E-state index in [4.69, 9.17) is 17.3 Å². The van der Waals surface area contributed by atoms with Crippen LogP contribution in [0.25, 0.3) is 10.8 Å². The molecule has 1 aromatic carbocycles. The molecule has 1 aliphatic heterocycles. The van der Waals surface area contributed by atoms with Crippen LogP contribution in [-0.4, -0.2) is 38.2 Å². The van der Waals surface area contributed by atoms with Gasteiger partial charge in [0.25, 0.3) is 0 Å². The van der Waals surface area contributed by atoms with Crippen LogP contribution >= 0.6 is 11.6 Å². The molecular weight excluding hydrogens is 364 g/mol. The Morgan fingerprint density at radius 2 is 2.04 bits per heavy atom. The van der Waals surface area contributed by atoms with Crippen LogP contribution in [0.2, 0.25) is 5.02 Å². The molecule has 27 heavy (non-hydrogen) atoms. The molecule has 2 aromatic heterocycles. The lowest BCUT2D eigenvalue weighted by molar-refractivity contribution is -0.133. The van der Waals surface area contributed by atoms with E-state index in [1.807, 2.05) is 36.9 Å². The number of aromatic nitrogens is 3. The first-order valence-corrected chi connectivity index (χ1v) is 9.26. The number of benzene rings is 1. The molecule has 1 aliphatic rings. The van der Waals surface area contributed by atoms with Gasteiger partial charge in [-0.25, -0.2) is 4.98 Å². The molecule has 3 aromatic rings. The van der Waals surface area contributed by atoms with Crippen LogP contribution in [0.3, 0.4) is 0 Å². The number of carbonyl (C=O) groups is 1. The highest BCUT2D eigenvalue weighted by atomic mass is 35.5. The lowest BCUT2D eigenvalue weighted by Gasteiger charge is -2.24. The summed E-state index contributed by atoms with van der Waals surface area (Å²) in [5.74, 6) is 1.40. The molecule has 0 aliphatic carbocycles. The van der Waals surface area contributed by atoms with Crippen LogP contribution in [0, 0.1) is 0 Å². The molecule has 4 rings (SSSR count). The van der Waals surface area contributed by atoms with Crippen molar-refractivity contribution < 1.29 is 4.79 Å². The minimum absolute atomic E-state index is 0.0901. The highest BCUT2D eigenvalue weighted by Crippen LogP contribution is 2.28. The Labute approximate surface area is 162 Å². The van der Waals surface area contributed by atoms with Gasteiger partial charge in [0, 0.05) is 48.0 Å². The van der Waals surface area contributed by atoms with Crippen molar-refractivity contribution in [3.8, 4) is 0 Å². The summed E-state index contributed by atoms with van der Waals surface area (Å²) in [6, 6.07) is 7.61. The second kappa shape index (κ2) is 6.74. The number of fused-ring (bicyclic) bond motifs is 2. The van der Waals surface area contributed by atoms with Gasteiger partial charge in [0.2, 0.25) is 5.91 Å². The molecule has 140 valence electrons. The van der Waals surface area contributed by atoms with Crippen LogP contribution in [0.5, 0.6) is 0 Å². The van der Waals surface area contributed by atoms with E-state index in [1.165, 1.54) is 0 Å². The van der Waals surface area contributed by atoms with Crippen LogP contribution in [0.1, 0.15) is 19.5 Å². The summed E-state index contributed by atoms with van der Waals surface area (Å²) in [4.78, 5) is 18.7. The maximum atomic E-state index is 12.4. The summed E-state index contributed by atoms with van der Waals surface area (Å²) in [5.41, 5.74) is 7.51. The summed E-state index contributed by atoms with van der Waals surface area (Å²) in [6.45, 7) is 5.02. The lowest BCUT2D eigenvalue weighted by Crippen LogP contribution is -2.38. The molecule has 7 nitrogen and oxygen atoms in total. The first-order valence-electron chi connectivity index (χ1n) is 8.88. The summed E-state index contributed by atoms with van der Waals surface area (Å²) < 4.78 is 1.77. The van der Waals surface area contributed by atoms with Crippen LogP contribution in [0.4, 0.5) is 17.3 Å². The summed E-state index contributed by atoms with van der Waals surface area (Å²) >= 11 is 6.21. The number of halogens is 1. The van der Waals surface area contributed by atoms with Crippen molar-refractivity contribution in [2.24, 2.45) is 0 Å². The zero-order valence-electron chi connectivity index (χ0n) is 15.2. The van der Waals surface area contributed by atoms with Gasteiger partial charge in [-0.3, -0.25) is 9.48 Å². The predicted molar refractivity (Wildman–Crippen MR) is 107 cm³/mol. The molecule has 0 saturated carbocycles. The zero-order chi connectivity index (χ0) is 19.1. The van der Waals surface area contributed by atoms with Crippen molar-refractivity contribution in [2.45, 2.75) is 32.9 Å². The average Bonchev–Trinajstić information content (AvgIpc) is 2.87. The molecule has 3 N–H and O–H groups in total. The van der Waals surface area contributed by atoms with Gasteiger partial charge in [0.15, 0.2) is 5.82 Å². The number of nitrogens with zero attached hydrogens (tertiary/aromatic N) is 4. The zero-order valence-corrected chi connectivity index (χ0v) is 16.0. The third kappa shape index (κ3) is 3.42. The number of nitrogens with one attached hydrogen (secondary N) is 1. The van der Waals surface area contributed by atoms with E-state index in [0.717, 1.165) is 22.9 Å². The van der Waals surface area contributed by atoms with Crippen LogP contribution < -0.4 is 11.1 Å². The molecule has 1 amide bonds. The van der Waals surface area contributed by atoms with Crippen molar-refractivity contribution in [1.29, 1.82) is 0 Å². The number of rotatable bonds is 3. The molecule has 0 bridgehead atoms. The van der Waals surface area contributed by atoms with Crippen LogP contribution in [0.15, 0.2) is 30.5 Å². The van der Waals surface area contributed by atoms with Gasteiger partial charge in [-0.1, -0.05) is 11.6 Å². The largest absolute Gasteiger partial charge is 0.399 e. The first kappa shape index (κ1) is 17.6. The van der Waals surface area contributed by atoms with E-state index in [0.29, 0.717) is 28.9 Å². The van der Waals surface area contributed by atoms with Crippen molar-refractivity contribution in [3.63, 3.8) is 0 Å². The molecule has 0 atom stereocenters. The molecule has 3 heterocycles. The standard InChI is InChI=1S/C19H21ClN6O/c1-11(2)25-4-3-14-8-18(24-26(14)10-19(25)27)23-17-6-12-5-13(21)7-16(20)15(12)9-22-17/h5-9,11H,3-4,10,21H2,1-2H3,(H,22,23,24). The minimum Gasteiger partial charge on any atom is -0.399 e. The monoisotopic (exact) mass is 384 g/mol. The third-order valence-corrected chi connectivity index (χ3v) is 5.08. The summed E-state index contributed by atoms with van der Waals surface area (Å²) in [7, 11) is 0. The van der Waals surface area contributed by atoms with Crippen molar-refractivity contribution in [3.05, 3.63) is 41.2 Å². The van der Waals surface area contributed by atoms with E-state index < -0.39 is 0 Å². The minimum atomic E-state index is 0.0901. The van der Waals surface area contributed by atoms with Gasteiger partial charge in [-0.2, -0.15) is 5.10 Å². The van der Waals surface area contributed by atoms with E-state index in [1.54, 1.807) is 16.9 Å². The van der Waals surface area contributed by atoms with Crippen molar-refractivity contribution >= 4 is 45.6 Å². The molecular formula is C19H21ClN6O. The number of carbonyl (C=O) groups excluding carboxylic acids is 1. The van der Waals surface area contributed by atoms with E-state index in [-0.39, 0.29) is 18.5 Å². The number of anilines is 3. The molecule has 0 radical (unpaired) electrons. The van der Waals surface area contributed by atoms with Gasteiger partial charge in [0.1, 0.15) is 12.4 Å². The normalized spacial score (nSPS) is 14.5. The van der Waals surface area contributed by atoms with Crippen molar-refractivity contribution in [1.82, 2.24) is 19.7 Å². The fraction of sp³-hybridized carbons (Fsp3) is 0.316. The van der Waals surface area contributed by atoms with E-state index in [9.17, 15) is 4.79 Å². The maximum Gasteiger partial charge on any atom is 0.244 e. The summed E-state index contributed by atoms with van der Waals surface area (Å²) in [6.07, 6.45) is 2.49. The Kier molecular flexibility index (Phi) is 4.39. The quantitative estimate of drug-likeness (QED) is 0.677. The number of hydrogen-bond acceptors (Lipinski definition) is 5. The molecule has 0 saturated heterocycles. The average molecular weight is 385 g/mol. The number of hydrogen-bond donors (Lipinski definition) is 2. The van der Waals surface area contributed by atoms with Gasteiger partial charge in [0.05, 0.1) is 5.02 Å². The van der Waals surface area contributed by atoms with Gasteiger partial charge in [-0.15, -0.1) is 0 Å². The topological polar surface area (TPSA) is 89.1 Å². The first-order chi connectivity index (χ1) is 12.9. The lowest BCUT2D eigenvalue weighted by atomic mass is 10.1. The second-order valence-corrected chi connectivity index (χ2v) is 7.44. The molecule has 0 unspecified atom stereocenters. The number of nitrogen functional groups attached to an aromatic ring is 1. The SMILES string of the molecule is CC(C)N1CCc2cc(Nc3cc4cc(N)cc(Cl)c4cn3)nn2CC1=O. The van der Waals surface area contributed by atoms with Gasteiger partial charge >= 0.3 is 0 Å². The Morgan fingerprint density at radius 1 is 1.22 bits per heavy atom. The predicted octanol–water partition coefficient (Wildman–Crippen LogP) is 3.20. The second-order valence-electron chi connectivity index (χ2n) is 7.03. The highest BCUT2D eigenvalue weighted by Gasteiger charge is 2.23. The number of nitrogens with two attached hydrogens (primary N) is 1. The molecule has 0 spiro atoms. The Hall–Kier alpha value is -2.80. The van der Waals surface area contributed by atoms with Gasteiger partial charge in [-0.05, 0) is 37.4 Å². The van der Waals surface area contributed by atoms with Gasteiger partial charge < -0.3 is 16.0 Å². The smallest absolute Gasteiger partial charge is 0.244 e. The number of amides is 1. The fourth-order valence-corrected chi connectivity index (χ4v) is 3.70. The van der Waals surface area contributed by atoms with Crippen molar-refractivity contribution in [2.75, 3.05) is 17.6 Å². The Bertz CT molecular complexity index is 1030. The van der Waals surface area contributed by atoms with Crippen LogP contribution in [-0.2, 0) is 17.8 Å². The third-order valence-electron chi connectivity index (χ3n) is 4.77. The Balaban J connectivity index is 1.58. The highest BCUT2D eigenvalue weighted by molar-refractivity contribution is 6.35. The maximum absolute atomic E-state index is 12.4. The molecule has 0 fully saturated rings. The fourth-order valence-electron chi connectivity index (χ4n) is 3.41. The van der Waals surface area contributed by atoms with E-state index >= 15 is 0 Å².